The molecular formula is C6H12O2S. The maximum absolute atomic E-state index is 11.0. The summed E-state index contributed by atoms with van der Waals surface area (Å²) in [6.07, 6.45) is 0.850. The Hall–Kier alpha value is -0.0500. The lowest BCUT2D eigenvalue weighted by Crippen LogP contribution is -2.10. The zero-order valence-electron chi connectivity index (χ0n) is 5.79. The summed E-state index contributed by atoms with van der Waals surface area (Å²) in [5, 5.41) is -0.0903. The smallest absolute Gasteiger partial charge is 0.153 e. The highest BCUT2D eigenvalue weighted by molar-refractivity contribution is 7.92. The zero-order valence-corrected chi connectivity index (χ0v) is 6.61. The average Bonchev–Trinajstić information content (AvgIpc) is 1.79. The number of rotatable bonds is 0. The molecule has 0 bridgehead atoms. The fourth-order valence-corrected chi connectivity index (χ4v) is 3.22. The van der Waals surface area contributed by atoms with Crippen LogP contribution >= 0.6 is 0 Å². The Balaban J connectivity index is 2.83. The molecule has 1 aliphatic rings. The van der Waals surface area contributed by atoms with Crippen LogP contribution in [0, 0.1) is 5.92 Å². The first-order valence-electron chi connectivity index (χ1n) is 3.24. The topological polar surface area (TPSA) is 34.1 Å². The standard InChI is InChI=1S/C6H12O2S/c1-5-3-6(2)9(7,8)4-5/h5-6H,3-4H2,1-2H3. The molecule has 0 amide bonds. The van der Waals surface area contributed by atoms with E-state index in [-0.39, 0.29) is 5.25 Å². The molecule has 9 heavy (non-hydrogen) atoms. The van der Waals surface area contributed by atoms with Crippen LogP contribution in [0.2, 0.25) is 0 Å². The molecule has 1 rings (SSSR count). The van der Waals surface area contributed by atoms with E-state index in [1.807, 2.05) is 6.92 Å². The van der Waals surface area contributed by atoms with Crippen LogP contribution < -0.4 is 0 Å². The van der Waals surface area contributed by atoms with Crippen LogP contribution in [0.15, 0.2) is 0 Å². The van der Waals surface area contributed by atoms with Gasteiger partial charge in [0.2, 0.25) is 0 Å². The van der Waals surface area contributed by atoms with Gasteiger partial charge < -0.3 is 0 Å². The lowest BCUT2D eigenvalue weighted by Gasteiger charge is -1.96. The van der Waals surface area contributed by atoms with Gasteiger partial charge in [-0.15, -0.1) is 0 Å². The predicted molar refractivity (Wildman–Crippen MR) is 37.0 cm³/mol. The van der Waals surface area contributed by atoms with Crippen LogP contribution in [0.1, 0.15) is 20.3 Å². The van der Waals surface area contributed by atoms with Gasteiger partial charge in [-0.3, -0.25) is 0 Å². The van der Waals surface area contributed by atoms with Crippen molar-refractivity contribution in [2.45, 2.75) is 25.5 Å². The summed E-state index contributed by atoms with van der Waals surface area (Å²) in [6, 6.07) is 0. The van der Waals surface area contributed by atoms with Gasteiger partial charge in [-0.2, -0.15) is 0 Å². The Kier molecular flexibility index (Phi) is 1.55. The minimum absolute atomic E-state index is 0.0903. The summed E-state index contributed by atoms with van der Waals surface area (Å²) in [6.45, 7) is 3.78. The molecule has 1 heterocycles. The van der Waals surface area contributed by atoms with Crippen LogP contribution in [-0.4, -0.2) is 19.4 Å². The molecule has 54 valence electrons. The Morgan fingerprint density at radius 1 is 1.33 bits per heavy atom. The lowest BCUT2D eigenvalue weighted by atomic mass is 10.1. The maximum atomic E-state index is 11.0. The zero-order chi connectivity index (χ0) is 7.07. The maximum Gasteiger partial charge on any atom is 0.153 e. The molecule has 0 aromatic rings. The molecule has 2 unspecified atom stereocenters. The Labute approximate surface area is 56.2 Å². The minimum Gasteiger partial charge on any atom is -0.229 e. The van der Waals surface area contributed by atoms with Crippen molar-refractivity contribution in [1.29, 1.82) is 0 Å². The van der Waals surface area contributed by atoms with Crippen LogP contribution in [0.3, 0.4) is 0 Å². The van der Waals surface area contributed by atoms with Crippen molar-refractivity contribution in [3.05, 3.63) is 0 Å². The predicted octanol–water partition coefficient (Wildman–Crippen LogP) is 0.830. The van der Waals surface area contributed by atoms with Crippen molar-refractivity contribution in [2.75, 3.05) is 5.75 Å². The highest BCUT2D eigenvalue weighted by Gasteiger charge is 2.31. The van der Waals surface area contributed by atoms with Crippen molar-refractivity contribution in [2.24, 2.45) is 5.92 Å². The molecule has 0 aromatic carbocycles. The molecule has 3 heteroatoms. The molecule has 0 spiro atoms. The van der Waals surface area contributed by atoms with Gasteiger partial charge in [0.1, 0.15) is 0 Å². The molecule has 0 aromatic heterocycles. The molecule has 0 N–H and O–H groups in total. The van der Waals surface area contributed by atoms with E-state index in [1.165, 1.54) is 0 Å². The van der Waals surface area contributed by atoms with E-state index in [2.05, 4.69) is 0 Å². The van der Waals surface area contributed by atoms with Crippen molar-refractivity contribution in [3.8, 4) is 0 Å². The first kappa shape index (κ1) is 7.06. The quantitative estimate of drug-likeness (QED) is 0.510. The Bertz CT molecular complexity index is 193. The number of hydrogen-bond acceptors (Lipinski definition) is 2. The molecule has 2 nitrogen and oxygen atoms in total. The normalized spacial score (nSPS) is 41.1. The highest BCUT2D eigenvalue weighted by Crippen LogP contribution is 2.24. The fourth-order valence-electron chi connectivity index (χ4n) is 1.34. The number of hydrogen-bond donors (Lipinski definition) is 0. The van der Waals surface area contributed by atoms with Gasteiger partial charge >= 0.3 is 0 Å². The second-order valence-electron chi connectivity index (χ2n) is 2.98. The van der Waals surface area contributed by atoms with Crippen LogP contribution in [0.4, 0.5) is 0 Å². The lowest BCUT2D eigenvalue weighted by molar-refractivity contribution is 0.593. The van der Waals surface area contributed by atoms with Gasteiger partial charge in [-0.05, 0) is 19.3 Å². The van der Waals surface area contributed by atoms with E-state index < -0.39 is 9.84 Å². The second-order valence-corrected chi connectivity index (χ2v) is 5.44. The van der Waals surface area contributed by atoms with Crippen LogP contribution in [-0.2, 0) is 9.84 Å². The van der Waals surface area contributed by atoms with E-state index in [0.29, 0.717) is 11.7 Å². The third kappa shape index (κ3) is 1.26. The van der Waals surface area contributed by atoms with Gasteiger partial charge in [-0.1, -0.05) is 6.92 Å². The molecule has 1 saturated heterocycles. The molecule has 1 fully saturated rings. The summed E-state index contributed by atoms with van der Waals surface area (Å²) in [7, 11) is -2.67. The molecule has 0 aliphatic carbocycles. The second kappa shape index (κ2) is 1.97. The van der Waals surface area contributed by atoms with Crippen molar-refractivity contribution < 1.29 is 8.42 Å². The summed E-state index contributed by atoms with van der Waals surface area (Å²) >= 11 is 0. The first-order valence-corrected chi connectivity index (χ1v) is 4.95. The first-order chi connectivity index (χ1) is 4.02. The van der Waals surface area contributed by atoms with Gasteiger partial charge in [0.25, 0.3) is 0 Å². The van der Waals surface area contributed by atoms with E-state index in [4.69, 9.17) is 0 Å². The average molecular weight is 148 g/mol. The Morgan fingerprint density at radius 2 is 1.89 bits per heavy atom. The highest BCUT2D eigenvalue weighted by atomic mass is 32.2. The monoisotopic (exact) mass is 148 g/mol. The van der Waals surface area contributed by atoms with Crippen LogP contribution in [0.25, 0.3) is 0 Å². The molecule has 2 atom stereocenters. The molecular weight excluding hydrogens is 136 g/mol. The van der Waals surface area contributed by atoms with Gasteiger partial charge in [-0.25, -0.2) is 8.42 Å². The minimum atomic E-state index is -2.67. The molecule has 1 aliphatic heterocycles. The third-order valence-corrected chi connectivity index (χ3v) is 4.32. The van der Waals surface area contributed by atoms with E-state index >= 15 is 0 Å². The van der Waals surface area contributed by atoms with Crippen molar-refractivity contribution in [1.82, 2.24) is 0 Å². The van der Waals surface area contributed by atoms with E-state index in [1.54, 1.807) is 6.92 Å². The number of sulfone groups is 1. The van der Waals surface area contributed by atoms with Crippen LogP contribution in [0.5, 0.6) is 0 Å². The summed E-state index contributed by atoms with van der Waals surface area (Å²) in [4.78, 5) is 0. The van der Waals surface area contributed by atoms with E-state index in [9.17, 15) is 8.42 Å². The van der Waals surface area contributed by atoms with Crippen molar-refractivity contribution in [3.63, 3.8) is 0 Å². The van der Waals surface area contributed by atoms with E-state index in [0.717, 1.165) is 6.42 Å². The third-order valence-electron chi connectivity index (χ3n) is 1.86. The van der Waals surface area contributed by atoms with Gasteiger partial charge in [0.05, 0.1) is 11.0 Å². The van der Waals surface area contributed by atoms with Crippen molar-refractivity contribution >= 4 is 9.84 Å². The summed E-state index contributed by atoms with van der Waals surface area (Å²) < 4.78 is 21.9. The Morgan fingerprint density at radius 3 is 2.00 bits per heavy atom. The SMILES string of the molecule is CC1CC(C)S(=O)(=O)C1. The van der Waals surface area contributed by atoms with Gasteiger partial charge in [0.15, 0.2) is 9.84 Å². The molecule has 0 saturated carbocycles. The van der Waals surface area contributed by atoms with Gasteiger partial charge in [0, 0.05) is 0 Å². The molecule has 0 radical (unpaired) electrons. The summed E-state index contributed by atoms with van der Waals surface area (Å²) in [5.41, 5.74) is 0. The largest absolute Gasteiger partial charge is 0.229 e. The fraction of sp³-hybridized carbons (Fsp3) is 1.00. The summed E-state index contributed by atoms with van der Waals surface area (Å²) in [5.74, 6) is 0.777.